The molecule has 238 valence electrons. The molecule has 0 radical (unpaired) electrons. The Hall–Kier alpha value is -3.15. The van der Waals surface area contributed by atoms with Crippen LogP contribution < -0.4 is 10.2 Å². The van der Waals surface area contributed by atoms with E-state index in [2.05, 4.69) is 57.1 Å². The molecule has 5 rings (SSSR count). The molecule has 1 atom stereocenters. The van der Waals surface area contributed by atoms with E-state index < -0.39 is 0 Å². The third-order valence-corrected chi connectivity index (χ3v) is 10.4. The molecule has 2 aliphatic rings. The largest absolute Gasteiger partial charge is 0.358 e. The molecule has 45 heavy (non-hydrogen) atoms. The molecule has 10 heteroatoms. The minimum Gasteiger partial charge on any atom is -0.358 e. The van der Waals surface area contributed by atoms with Gasteiger partial charge in [-0.3, -0.25) is 14.4 Å². The zero-order valence-electron chi connectivity index (χ0n) is 26.0. The zero-order chi connectivity index (χ0) is 31.9. The Bertz CT molecular complexity index is 1510. The van der Waals surface area contributed by atoms with Crippen LogP contribution in [0.2, 0.25) is 5.02 Å². The lowest BCUT2D eigenvalue weighted by Gasteiger charge is -2.34. The predicted molar refractivity (Wildman–Crippen MR) is 189 cm³/mol. The maximum absolute atomic E-state index is 13.9. The molecule has 3 aromatic rings. The van der Waals surface area contributed by atoms with Crippen molar-refractivity contribution in [1.29, 1.82) is 0 Å². The molecule has 0 bridgehead atoms. The number of carbonyl (C=O) groups excluding carboxylic acids is 3. The molecule has 0 spiro atoms. The minimum absolute atomic E-state index is 0.0350. The SMILES string of the molecule is CNC(=O)CN(CC(=O)N(C)C(CN1CCCC1)c1ccc(-c2cccc(C(=O)N3CCCC3)c2)cc1)c1ccc(I)c(Cl)c1. The first-order valence-corrected chi connectivity index (χ1v) is 17.1. The van der Waals surface area contributed by atoms with Crippen LogP contribution in [0.5, 0.6) is 0 Å². The number of amides is 3. The number of benzene rings is 3. The molecule has 8 nitrogen and oxygen atoms in total. The highest BCUT2D eigenvalue weighted by Gasteiger charge is 2.28. The second-order valence-electron chi connectivity index (χ2n) is 11.9. The molecular weight excluding hydrogens is 701 g/mol. The Morgan fingerprint density at radius 1 is 0.889 bits per heavy atom. The van der Waals surface area contributed by atoms with E-state index in [-0.39, 0.29) is 36.9 Å². The van der Waals surface area contributed by atoms with Gasteiger partial charge in [-0.15, -0.1) is 0 Å². The Morgan fingerprint density at radius 3 is 2.24 bits per heavy atom. The molecule has 1 N–H and O–H groups in total. The molecule has 2 saturated heterocycles. The van der Waals surface area contributed by atoms with Crippen LogP contribution in [0.15, 0.2) is 66.7 Å². The molecule has 2 heterocycles. The fraction of sp³-hybridized carbons (Fsp3) is 0.400. The maximum atomic E-state index is 13.9. The van der Waals surface area contributed by atoms with Crippen molar-refractivity contribution >= 4 is 57.6 Å². The number of likely N-dealkylation sites (N-methyl/N-ethyl adjacent to an activating group) is 2. The van der Waals surface area contributed by atoms with Gasteiger partial charge in [0.25, 0.3) is 5.91 Å². The smallest absolute Gasteiger partial charge is 0.253 e. The van der Waals surface area contributed by atoms with E-state index in [4.69, 9.17) is 11.6 Å². The van der Waals surface area contributed by atoms with Gasteiger partial charge in [-0.2, -0.15) is 0 Å². The average molecular weight is 742 g/mol. The fourth-order valence-corrected chi connectivity index (χ4v) is 6.63. The third-order valence-electron chi connectivity index (χ3n) is 8.83. The minimum atomic E-state index is -0.185. The predicted octanol–water partition coefficient (Wildman–Crippen LogP) is 5.70. The molecule has 2 aliphatic heterocycles. The summed E-state index contributed by atoms with van der Waals surface area (Å²) in [5, 5.41) is 3.24. The molecule has 2 fully saturated rings. The summed E-state index contributed by atoms with van der Waals surface area (Å²) in [7, 11) is 3.44. The number of hydrogen-bond donors (Lipinski definition) is 1. The van der Waals surface area contributed by atoms with Crippen molar-refractivity contribution in [2.45, 2.75) is 31.7 Å². The lowest BCUT2D eigenvalue weighted by molar-refractivity contribution is -0.131. The van der Waals surface area contributed by atoms with Gasteiger partial charge in [0.15, 0.2) is 0 Å². The second kappa shape index (κ2) is 15.4. The van der Waals surface area contributed by atoms with E-state index in [1.807, 2.05) is 53.2 Å². The highest BCUT2D eigenvalue weighted by molar-refractivity contribution is 14.1. The average Bonchev–Trinajstić information content (AvgIpc) is 3.79. The normalized spacial score (nSPS) is 15.6. The van der Waals surface area contributed by atoms with Crippen molar-refractivity contribution in [2.24, 2.45) is 0 Å². The lowest BCUT2D eigenvalue weighted by atomic mass is 9.98. The van der Waals surface area contributed by atoms with Gasteiger partial charge < -0.3 is 24.9 Å². The van der Waals surface area contributed by atoms with E-state index in [1.165, 1.54) is 0 Å². The van der Waals surface area contributed by atoms with Gasteiger partial charge in [0.1, 0.15) is 0 Å². The Morgan fingerprint density at radius 2 is 1.58 bits per heavy atom. The Labute approximate surface area is 284 Å². The number of halogens is 2. The Kier molecular flexibility index (Phi) is 11.4. The number of nitrogens with one attached hydrogen (secondary N) is 1. The summed E-state index contributed by atoms with van der Waals surface area (Å²) < 4.78 is 0.903. The van der Waals surface area contributed by atoms with E-state index in [1.54, 1.807) is 18.0 Å². The van der Waals surface area contributed by atoms with Crippen LogP contribution in [-0.4, -0.2) is 92.3 Å². The first kappa shape index (κ1) is 33.2. The van der Waals surface area contributed by atoms with Gasteiger partial charge in [0.2, 0.25) is 11.8 Å². The van der Waals surface area contributed by atoms with Crippen molar-refractivity contribution in [1.82, 2.24) is 20.0 Å². The maximum Gasteiger partial charge on any atom is 0.253 e. The Balaban J connectivity index is 1.37. The van der Waals surface area contributed by atoms with Gasteiger partial charge in [0.05, 0.1) is 24.2 Å². The number of anilines is 1. The molecule has 0 aliphatic carbocycles. The van der Waals surface area contributed by atoms with Crippen LogP contribution in [-0.2, 0) is 9.59 Å². The van der Waals surface area contributed by atoms with Gasteiger partial charge in [-0.25, -0.2) is 0 Å². The number of nitrogens with zero attached hydrogens (tertiary/aromatic N) is 4. The van der Waals surface area contributed by atoms with Gasteiger partial charge in [-0.05, 0) is 108 Å². The third kappa shape index (κ3) is 8.37. The molecule has 0 saturated carbocycles. The van der Waals surface area contributed by atoms with Crippen molar-refractivity contribution in [3.8, 4) is 11.1 Å². The zero-order valence-corrected chi connectivity index (χ0v) is 28.9. The van der Waals surface area contributed by atoms with Crippen LogP contribution >= 0.6 is 34.2 Å². The number of likely N-dealkylation sites (tertiary alicyclic amines) is 2. The topological polar surface area (TPSA) is 76.2 Å². The highest BCUT2D eigenvalue weighted by atomic mass is 127. The quantitative estimate of drug-likeness (QED) is 0.256. The number of rotatable bonds is 11. The summed E-state index contributed by atoms with van der Waals surface area (Å²) in [5.41, 5.74) is 4.49. The van der Waals surface area contributed by atoms with E-state index in [0.29, 0.717) is 10.6 Å². The van der Waals surface area contributed by atoms with E-state index in [9.17, 15) is 14.4 Å². The summed E-state index contributed by atoms with van der Waals surface area (Å²) >= 11 is 8.57. The van der Waals surface area contributed by atoms with Crippen LogP contribution in [0.3, 0.4) is 0 Å². The first-order valence-electron chi connectivity index (χ1n) is 15.6. The van der Waals surface area contributed by atoms with Crippen molar-refractivity contribution in [3.05, 3.63) is 86.4 Å². The fourth-order valence-electron chi connectivity index (χ4n) is 6.11. The van der Waals surface area contributed by atoms with E-state index in [0.717, 1.165) is 84.4 Å². The monoisotopic (exact) mass is 741 g/mol. The van der Waals surface area contributed by atoms with Crippen molar-refractivity contribution in [2.75, 3.05) is 64.8 Å². The lowest BCUT2D eigenvalue weighted by Crippen LogP contribution is -2.45. The van der Waals surface area contributed by atoms with Crippen molar-refractivity contribution < 1.29 is 14.4 Å². The standard InChI is InChI=1S/C35H41ClIN5O3/c1-38-33(43)23-42(29-14-15-31(37)30(36)21-29)24-34(44)39(2)32(22-40-16-3-4-17-40)26-12-10-25(11-13-26)27-8-7-9-28(20-27)35(45)41-18-5-6-19-41/h7-15,20-21,32H,3-6,16-19,22-24H2,1-2H3,(H,38,43). The number of hydrogen-bond acceptors (Lipinski definition) is 5. The van der Waals surface area contributed by atoms with Crippen molar-refractivity contribution in [3.63, 3.8) is 0 Å². The van der Waals surface area contributed by atoms with Crippen LogP contribution in [0, 0.1) is 3.57 Å². The van der Waals surface area contributed by atoms with Gasteiger partial charge in [-0.1, -0.05) is 48.0 Å². The number of carbonyl (C=O) groups is 3. The van der Waals surface area contributed by atoms with Gasteiger partial charge in [0, 0.05) is 48.6 Å². The molecule has 0 aromatic heterocycles. The summed E-state index contributed by atoms with van der Waals surface area (Å²) in [6, 6.07) is 21.6. The van der Waals surface area contributed by atoms with Crippen LogP contribution in [0.25, 0.3) is 11.1 Å². The highest BCUT2D eigenvalue weighted by Crippen LogP contribution is 2.29. The summed E-state index contributed by atoms with van der Waals surface area (Å²) in [6.07, 6.45) is 4.44. The summed E-state index contributed by atoms with van der Waals surface area (Å²) in [5.74, 6) is -0.180. The molecular formula is C35H41ClIN5O3. The van der Waals surface area contributed by atoms with Gasteiger partial charge >= 0.3 is 0 Å². The molecule has 3 amide bonds. The van der Waals surface area contributed by atoms with E-state index >= 15 is 0 Å². The second-order valence-corrected chi connectivity index (χ2v) is 13.4. The summed E-state index contributed by atoms with van der Waals surface area (Å²) in [4.78, 5) is 47.2. The molecule has 3 aromatic carbocycles. The van der Waals surface area contributed by atoms with Crippen LogP contribution in [0.4, 0.5) is 5.69 Å². The summed E-state index contributed by atoms with van der Waals surface area (Å²) in [6.45, 7) is 4.48. The first-order chi connectivity index (χ1) is 21.7. The van der Waals surface area contributed by atoms with Crippen LogP contribution in [0.1, 0.15) is 47.6 Å². The molecule has 1 unspecified atom stereocenters.